The summed E-state index contributed by atoms with van der Waals surface area (Å²) in [4.78, 5) is 2.48. The molecular weight excluding hydrogens is 208 g/mol. The van der Waals surface area contributed by atoms with Crippen molar-refractivity contribution in [3.63, 3.8) is 0 Å². The first kappa shape index (κ1) is 11.1. The van der Waals surface area contributed by atoms with Gasteiger partial charge in [0.2, 0.25) is 0 Å². The summed E-state index contributed by atoms with van der Waals surface area (Å²) in [6.45, 7) is 5.90. The van der Waals surface area contributed by atoms with E-state index >= 15 is 0 Å². The first-order valence-electron chi connectivity index (χ1n) is 6.83. The average molecular weight is 230 g/mol. The Kier molecular flexibility index (Phi) is 2.83. The Morgan fingerprint density at radius 3 is 3.12 bits per heavy atom. The summed E-state index contributed by atoms with van der Waals surface area (Å²) in [7, 11) is 2.25. The zero-order valence-corrected chi connectivity index (χ0v) is 10.9. The maximum atomic E-state index is 3.68. The maximum absolute atomic E-state index is 3.68. The lowest BCUT2D eigenvalue weighted by Crippen LogP contribution is -2.42. The zero-order chi connectivity index (χ0) is 11.8. The molecule has 0 saturated carbocycles. The van der Waals surface area contributed by atoms with Gasteiger partial charge in [-0.05, 0) is 43.5 Å². The Morgan fingerprint density at radius 1 is 1.41 bits per heavy atom. The molecule has 0 radical (unpaired) electrons. The van der Waals surface area contributed by atoms with Crippen molar-refractivity contribution < 1.29 is 0 Å². The molecule has 0 aliphatic carbocycles. The van der Waals surface area contributed by atoms with Gasteiger partial charge in [-0.25, -0.2) is 0 Å². The first-order chi connectivity index (χ1) is 8.29. The van der Waals surface area contributed by atoms with Gasteiger partial charge in [0.25, 0.3) is 0 Å². The summed E-state index contributed by atoms with van der Waals surface area (Å²) in [5.74, 6) is 1.59. The second-order valence-electron chi connectivity index (χ2n) is 5.53. The van der Waals surface area contributed by atoms with Crippen molar-refractivity contribution in [2.24, 2.45) is 5.92 Å². The summed E-state index contributed by atoms with van der Waals surface area (Å²) in [6, 6.07) is 6.83. The molecule has 2 aliphatic rings. The third-order valence-corrected chi connectivity index (χ3v) is 4.46. The second-order valence-corrected chi connectivity index (χ2v) is 5.53. The molecule has 2 unspecified atom stereocenters. The summed E-state index contributed by atoms with van der Waals surface area (Å²) < 4.78 is 0. The van der Waals surface area contributed by atoms with Gasteiger partial charge in [0.1, 0.15) is 0 Å². The Bertz CT molecular complexity index is 413. The van der Waals surface area contributed by atoms with Crippen LogP contribution < -0.4 is 5.32 Å². The van der Waals surface area contributed by atoms with Crippen molar-refractivity contribution in [1.82, 2.24) is 4.90 Å². The number of rotatable bonds is 1. The summed E-state index contributed by atoms with van der Waals surface area (Å²) in [5, 5.41) is 3.68. The van der Waals surface area contributed by atoms with Gasteiger partial charge in [-0.3, -0.25) is 0 Å². The lowest BCUT2D eigenvalue weighted by Gasteiger charge is -2.42. The zero-order valence-electron chi connectivity index (χ0n) is 10.9. The van der Waals surface area contributed by atoms with Gasteiger partial charge in [0, 0.05) is 24.7 Å². The van der Waals surface area contributed by atoms with Crippen LogP contribution in [0.2, 0.25) is 0 Å². The van der Waals surface area contributed by atoms with Crippen molar-refractivity contribution in [2.75, 3.05) is 32.0 Å². The minimum absolute atomic E-state index is 0.747. The van der Waals surface area contributed by atoms with E-state index in [4.69, 9.17) is 0 Å². The fourth-order valence-corrected chi connectivity index (χ4v) is 3.43. The van der Waals surface area contributed by atoms with Crippen LogP contribution in [0.1, 0.15) is 30.4 Å². The highest BCUT2D eigenvalue weighted by atomic mass is 15.1. The molecule has 92 valence electrons. The number of piperidine rings is 1. The van der Waals surface area contributed by atoms with Crippen LogP contribution >= 0.6 is 0 Å². The summed E-state index contributed by atoms with van der Waals surface area (Å²) >= 11 is 0. The molecule has 2 aliphatic heterocycles. The second kappa shape index (κ2) is 4.34. The molecule has 1 saturated heterocycles. The van der Waals surface area contributed by atoms with Crippen LogP contribution in [-0.2, 0) is 6.42 Å². The number of likely N-dealkylation sites (N-methyl/N-ethyl adjacent to an activating group) is 1. The Morgan fingerprint density at radius 2 is 2.29 bits per heavy atom. The summed E-state index contributed by atoms with van der Waals surface area (Å²) in [6.07, 6.45) is 2.47. The van der Waals surface area contributed by atoms with E-state index in [0.717, 1.165) is 18.3 Å². The van der Waals surface area contributed by atoms with Gasteiger partial charge in [-0.2, -0.15) is 0 Å². The van der Waals surface area contributed by atoms with E-state index in [0.29, 0.717) is 0 Å². The fourth-order valence-electron chi connectivity index (χ4n) is 3.43. The largest absolute Gasteiger partial charge is 0.384 e. The molecule has 3 rings (SSSR count). The molecule has 1 fully saturated rings. The molecule has 0 amide bonds. The van der Waals surface area contributed by atoms with Gasteiger partial charge in [0.05, 0.1) is 0 Å². The van der Waals surface area contributed by atoms with Crippen LogP contribution in [0.5, 0.6) is 0 Å². The molecule has 0 bridgehead atoms. The van der Waals surface area contributed by atoms with E-state index in [2.05, 4.69) is 42.4 Å². The van der Waals surface area contributed by atoms with Crippen molar-refractivity contribution in [3.8, 4) is 0 Å². The molecule has 0 aromatic heterocycles. The van der Waals surface area contributed by atoms with Gasteiger partial charge in [-0.1, -0.05) is 25.1 Å². The number of benzene rings is 1. The highest BCUT2D eigenvalue weighted by Crippen LogP contribution is 2.41. The first-order valence-corrected chi connectivity index (χ1v) is 6.83. The molecule has 1 N–H and O–H groups in total. The number of fused-ring (bicyclic) bond motifs is 3. The van der Waals surface area contributed by atoms with Crippen LogP contribution in [0.4, 0.5) is 5.69 Å². The number of para-hydroxylation sites is 1. The highest BCUT2D eigenvalue weighted by molar-refractivity contribution is 5.61. The lowest BCUT2D eigenvalue weighted by atomic mass is 9.77. The van der Waals surface area contributed by atoms with E-state index in [-0.39, 0.29) is 0 Å². The van der Waals surface area contributed by atoms with Gasteiger partial charge in [0.15, 0.2) is 0 Å². The number of anilines is 1. The van der Waals surface area contributed by atoms with E-state index in [1.54, 1.807) is 5.56 Å². The normalized spacial score (nSPS) is 28.1. The fraction of sp³-hybridized carbons (Fsp3) is 0.600. The molecular formula is C15H22N2. The number of nitrogens with zero attached hydrogens (tertiary/aromatic N) is 1. The molecule has 2 heterocycles. The standard InChI is InChI=1S/C15H22N2/c1-3-11-5-4-6-13-14-10-17(2)8-7-12(14)9-16-15(11)13/h4-6,12,14,16H,3,7-10H2,1-2H3. The summed E-state index contributed by atoms with van der Waals surface area (Å²) in [5.41, 5.74) is 4.48. The molecule has 2 nitrogen and oxygen atoms in total. The molecule has 17 heavy (non-hydrogen) atoms. The predicted octanol–water partition coefficient (Wildman–Crippen LogP) is 2.71. The van der Waals surface area contributed by atoms with Crippen LogP contribution in [0.15, 0.2) is 18.2 Å². The van der Waals surface area contributed by atoms with E-state index in [1.165, 1.54) is 37.3 Å². The smallest absolute Gasteiger partial charge is 0.0408 e. The number of nitrogens with one attached hydrogen (secondary N) is 1. The Balaban J connectivity index is 1.99. The predicted molar refractivity (Wildman–Crippen MR) is 72.7 cm³/mol. The SMILES string of the molecule is CCc1cccc2c1NCC1CCN(C)CC21. The van der Waals surface area contributed by atoms with Crippen LogP contribution in [-0.4, -0.2) is 31.6 Å². The molecule has 2 heteroatoms. The van der Waals surface area contributed by atoms with Gasteiger partial charge < -0.3 is 10.2 Å². The van der Waals surface area contributed by atoms with Gasteiger partial charge in [-0.15, -0.1) is 0 Å². The number of aryl methyl sites for hydroxylation is 1. The van der Waals surface area contributed by atoms with Gasteiger partial charge >= 0.3 is 0 Å². The van der Waals surface area contributed by atoms with Crippen molar-refractivity contribution in [1.29, 1.82) is 0 Å². The van der Waals surface area contributed by atoms with E-state index < -0.39 is 0 Å². The number of hydrogen-bond donors (Lipinski definition) is 1. The quantitative estimate of drug-likeness (QED) is 0.798. The monoisotopic (exact) mass is 230 g/mol. The number of hydrogen-bond acceptors (Lipinski definition) is 2. The topological polar surface area (TPSA) is 15.3 Å². The van der Waals surface area contributed by atoms with Crippen LogP contribution in [0.3, 0.4) is 0 Å². The molecule has 0 spiro atoms. The van der Waals surface area contributed by atoms with E-state index in [9.17, 15) is 0 Å². The minimum atomic E-state index is 0.747. The Hall–Kier alpha value is -1.02. The Labute approximate surface area is 104 Å². The highest BCUT2D eigenvalue weighted by Gasteiger charge is 2.33. The van der Waals surface area contributed by atoms with Crippen molar-refractivity contribution in [3.05, 3.63) is 29.3 Å². The molecule has 1 aromatic rings. The third kappa shape index (κ3) is 1.85. The number of likely N-dealkylation sites (tertiary alicyclic amines) is 1. The van der Waals surface area contributed by atoms with Crippen LogP contribution in [0.25, 0.3) is 0 Å². The van der Waals surface area contributed by atoms with Crippen molar-refractivity contribution >= 4 is 5.69 Å². The minimum Gasteiger partial charge on any atom is -0.384 e. The third-order valence-electron chi connectivity index (χ3n) is 4.46. The average Bonchev–Trinajstić information content (AvgIpc) is 2.37. The maximum Gasteiger partial charge on any atom is 0.0408 e. The lowest BCUT2D eigenvalue weighted by molar-refractivity contribution is 0.192. The van der Waals surface area contributed by atoms with Crippen LogP contribution in [0, 0.1) is 5.92 Å². The van der Waals surface area contributed by atoms with E-state index in [1.807, 2.05) is 0 Å². The molecule has 1 aromatic carbocycles. The van der Waals surface area contributed by atoms with Crippen molar-refractivity contribution in [2.45, 2.75) is 25.7 Å². The molecule has 2 atom stereocenters.